The van der Waals surface area contributed by atoms with Crippen LogP contribution in [0.5, 0.6) is 0 Å². The molecule has 0 aliphatic rings. The van der Waals surface area contributed by atoms with Crippen molar-refractivity contribution in [1.82, 2.24) is 5.32 Å². The first-order chi connectivity index (χ1) is 4.26. The van der Waals surface area contributed by atoms with Gasteiger partial charge in [0, 0.05) is 7.05 Å². The molecule has 1 amide bonds. The number of nitrogens with zero attached hydrogens (tertiary/aromatic N) is 1. The van der Waals surface area contributed by atoms with Gasteiger partial charge in [0.25, 0.3) is 0 Å². The van der Waals surface area contributed by atoms with Gasteiger partial charge >= 0.3 is 0 Å². The van der Waals surface area contributed by atoms with Gasteiger partial charge in [0.05, 0.1) is 0 Å². The fraction of sp³-hybridized carbons (Fsp3) is 0.800. The van der Waals surface area contributed by atoms with Crippen LogP contribution in [0.15, 0.2) is 5.18 Å². The third-order valence-corrected chi connectivity index (χ3v) is 1.06. The summed E-state index contributed by atoms with van der Waals surface area (Å²) in [5.74, 6) is -0.312. The normalized spacial score (nSPS) is 12.2. The first kappa shape index (κ1) is 8.07. The summed E-state index contributed by atoms with van der Waals surface area (Å²) in [6, 6.07) is -0.713. The maximum Gasteiger partial charge on any atom is 0.248 e. The average Bonchev–Trinajstić information content (AvgIpc) is 1.90. The van der Waals surface area contributed by atoms with Crippen LogP contribution in [0.1, 0.15) is 13.3 Å². The average molecular weight is 130 g/mol. The molecule has 9 heavy (non-hydrogen) atoms. The molecule has 0 aromatic carbocycles. The van der Waals surface area contributed by atoms with Crippen LogP contribution in [0, 0.1) is 4.91 Å². The minimum absolute atomic E-state index is 0.312. The predicted octanol–water partition coefficient (Wildman–Crippen LogP) is 0.277. The fourth-order valence-electron chi connectivity index (χ4n) is 0.474. The van der Waals surface area contributed by atoms with Gasteiger partial charge in [-0.15, -0.1) is 4.91 Å². The summed E-state index contributed by atoms with van der Waals surface area (Å²) in [5, 5.41) is 4.95. The van der Waals surface area contributed by atoms with Gasteiger partial charge in [0.1, 0.15) is 0 Å². The van der Waals surface area contributed by atoms with Crippen molar-refractivity contribution in [1.29, 1.82) is 0 Å². The second-order valence-electron chi connectivity index (χ2n) is 1.64. The van der Waals surface area contributed by atoms with E-state index in [0.717, 1.165) is 0 Å². The van der Waals surface area contributed by atoms with Crippen LogP contribution in [0.2, 0.25) is 0 Å². The van der Waals surface area contributed by atoms with E-state index in [1.165, 1.54) is 7.05 Å². The second-order valence-corrected chi connectivity index (χ2v) is 1.64. The minimum Gasteiger partial charge on any atom is -0.357 e. The van der Waals surface area contributed by atoms with E-state index in [0.29, 0.717) is 6.42 Å². The molecule has 0 aliphatic carbocycles. The fourth-order valence-corrected chi connectivity index (χ4v) is 0.474. The van der Waals surface area contributed by atoms with E-state index in [1.54, 1.807) is 6.92 Å². The zero-order valence-electron chi connectivity index (χ0n) is 5.55. The molecule has 52 valence electrons. The summed E-state index contributed by atoms with van der Waals surface area (Å²) >= 11 is 0. The van der Waals surface area contributed by atoms with Gasteiger partial charge in [-0.25, -0.2) is 0 Å². The molecule has 0 aliphatic heterocycles. The highest BCUT2D eigenvalue weighted by molar-refractivity contribution is 5.81. The molecule has 0 radical (unpaired) electrons. The van der Waals surface area contributed by atoms with Crippen LogP contribution in [0.4, 0.5) is 0 Å². The number of nitrogens with one attached hydrogen (secondary N) is 1. The molecule has 0 spiro atoms. The van der Waals surface area contributed by atoms with Crippen molar-refractivity contribution in [3.63, 3.8) is 0 Å². The van der Waals surface area contributed by atoms with Crippen LogP contribution in [0.3, 0.4) is 0 Å². The predicted molar refractivity (Wildman–Crippen MR) is 33.9 cm³/mol. The number of nitroso groups, excluding NO2 is 1. The van der Waals surface area contributed by atoms with Gasteiger partial charge in [-0.2, -0.15) is 0 Å². The summed E-state index contributed by atoms with van der Waals surface area (Å²) < 4.78 is 0. The monoisotopic (exact) mass is 130 g/mol. The molecule has 4 heteroatoms. The highest BCUT2D eigenvalue weighted by atomic mass is 16.3. The molecule has 0 rings (SSSR count). The summed E-state index contributed by atoms with van der Waals surface area (Å²) in [5.41, 5.74) is 0. The summed E-state index contributed by atoms with van der Waals surface area (Å²) in [6.45, 7) is 1.74. The first-order valence-corrected chi connectivity index (χ1v) is 2.80. The SMILES string of the molecule is CCC(N=O)C(=O)NC. The molecule has 1 unspecified atom stereocenters. The summed E-state index contributed by atoms with van der Waals surface area (Å²) in [6.07, 6.45) is 0.461. The van der Waals surface area contributed by atoms with Crippen LogP contribution < -0.4 is 5.32 Å². The molecule has 0 saturated carbocycles. The lowest BCUT2D eigenvalue weighted by atomic mass is 10.2. The molecule has 0 aromatic rings. The van der Waals surface area contributed by atoms with E-state index in [-0.39, 0.29) is 5.91 Å². The Morgan fingerprint density at radius 2 is 2.33 bits per heavy atom. The van der Waals surface area contributed by atoms with E-state index in [9.17, 15) is 9.70 Å². The van der Waals surface area contributed by atoms with E-state index < -0.39 is 6.04 Å². The van der Waals surface area contributed by atoms with Gasteiger partial charge in [-0.05, 0) is 6.42 Å². The number of hydrogen-bond acceptors (Lipinski definition) is 3. The van der Waals surface area contributed by atoms with E-state index in [2.05, 4.69) is 10.5 Å². The van der Waals surface area contributed by atoms with Gasteiger partial charge in [0.2, 0.25) is 5.91 Å². The number of carbonyl (C=O) groups is 1. The Hall–Kier alpha value is -0.930. The highest BCUT2D eigenvalue weighted by Gasteiger charge is 2.13. The van der Waals surface area contributed by atoms with Crippen LogP contribution in [-0.4, -0.2) is 19.0 Å². The molecular formula is C5H10N2O2. The van der Waals surface area contributed by atoms with E-state index in [1.807, 2.05) is 0 Å². The molecule has 0 aromatic heterocycles. The standard InChI is InChI=1S/C5H10N2O2/c1-3-4(7-9)5(8)6-2/h4H,3H2,1-2H3,(H,6,8). The minimum atomic E-state index is -0.713. The molecule has 1 atom stereocenters. The van der Waals surface area contributed by atoms with Crippen LogP contribution in [0.25, 0.3) is 0 Å². The zero-order chi connectivity index (χ0) is 7.28. The molecule has 0 bridgehead atoms. The Morgan fingerprint density at radius 3 is 2.44 bits per heavy atom. The molecule has 0 saturated heterocycles. The van der Waals surface area contributed by atoms with Crippen molar-refractivity contribution in [3.05, 3.63) is 4.91 Å². The first-order valence-electron chi connectivity index (χ1n) is 2.80. The maximum absolute atomic E-state index is 10.6. The van der Waals surface area contributed by atoms with Crippen LogP contribution in [-0.2, 0) is 4.79 Å². The molecule has 0 fully saturated rings. The van der Waals surface area contributed by atoms with Gasteiger partial charge in [0.15, 0.2) is 6.04 Å². The molecule has 1 N–H and O–H groups in total. The Morgan fingerprint density at radius 1 is 1.78 bits per heavy atom. The van der Waals surface area contributed by atoms with Gasteiger partial charge in [-0.3, -0.25) is 4.79 Å². The Labute approximate surface area is 53.6 Å². The lowest BCUT2D eigenvalue weighted by Crippen LogP contribution is -2.29. The third-order valence-electron chi connectivity index (χ3n) is 1.06. The van der Waals surface area contributed by atoms with Crippen LogP contribution >= 0.6 is 0 Å². The topological polar surface area (TPSA) is 58.5 Å². The lowest BCUT2D eigenvalue weighted by Gasteiger charge is -2.01. The van der Waals surface area contributed by atoms with Crippen molar-refractivity contribution in [3.8, 4) is 0 Å². The molecule has 4 nitrogen and oxygen atoms in total. The number of rotatable bonds is 3. The molecular weight excluding hydrogens is 120 g/mol. The Kier molecular flexibility index (Phi) is 3.59. The second kappa shape index (κ2) is 4.00. The number of hydrogen-bond donors (Lipinski definition) is 1. The highest BCUT2D eigenvalue weighted by Crippen LogP contribution is 1.94. The lowest BCUT2D eigenvalue weighted by molar-refractivity contribution is -0.121. The number of likely N-dealkylation sites (N-methyl/N-ethyl adjacent to an activating group) is 1. The zero-order valence-corrected chi connectivity index (χ0v) is 5.55. The number of carbonyl (C=O) groups excluding carboxylic acids is 1. The quantitative estimate of drug-likeness (QED) is 0.558. The molecule has 0 heterocycles. The third kappa shape index (κ3) is 2.21. The van der Waals surface area contributed by atoms with E-state index >= 15 is 0 Å². The van der Waals surface area contributed by atoms with Crippen molar-refractivity contribution >= 4 is 5.91 Å². The van der Waals surface area contributed by atoms with Crippen molar-refractivity contribution in [2.24, 2.45) is 5.18 Å². The number of amides is 1. The van der Waals surface area contributed by atoms with Gasteiger partial charge < -0.3 is 5.32 Å². The Balaban J connectivity index is 3.78. The van der Waals surface area contributed by atoms with Crippen molar-refractivity contribution < 1.29 is 4.79 Å². The van der Waals surface area contributed by atoms with Crippen molar-refractivity contribution in [2.75, 3.05) is 7.05 Å². The largest absolute Gasteiger partial charge is 0.357 e. The van der Waals surface area contributed by atoms with Crippen molar-refractivity contribution in [2.45, 2.75) is 19.4 Å². The van der Waals surface area contributed by atoms with E-state index in [4.69, 9.17) is 0 Å². The Bertz CT molecular complexity index is 114. The smallest absolute Gasteiger partial charge is 0.248 e. The van der Waals surface area contributed by atoms with Gasteiger partial charge in [-0.1, -0.05) is 12.1 Å². The summed E-state index contributed by atoms with van der Waals surface area (Å²) in [4.78, 5) is 20.4. The summed E-state index contributed by atoms with van der Waals surface area (Å²) in [7, 11) is 1.48. The maximum atomic E-state index is 10.6.